The number of nitrogens with zero attached hydrogens (tertiary/aromatic N) is 2. The summed E-state index contributed by atoms with van der Waals surface area (Å²) in [5, 5.41) is 11.6. The number of carbonyl (C=O) groups excluding carboxylic acids is 1. The third kappa shape index (κ3) is 2.70. The normalized spacial score (nSPS) is 14.6. The van der Waals surface area contributed by atoms with E-state index in [1.54, 1.807) is 23.2 Å². The minimum atomic E-state index is -0.185. The van der Waals surface area contributed by atoms with Crippen molar-refractivity contribution in [3.05, 3.63) is 24.4 Å². The van der Waals surface area contributed by atoms with Gasteiger partial charge in [0.25, 0.3) is 0 Å². The quantitative estimate of drug-likeness (QED) is 0.799. The van der Waals surface area contributed by atoms with Gasteiger partial charge in [-0.25, -0.2) is 9.78 Å². The lowest BCUT2D eigenvalue weighted by Gasteiger charge is -2.21. The van der Waals surface area contributed by atoms with Crippen LogP contribution in [-0.4, -0.2) is 40.2 Å². The van der Waals surface area contributed by atoms with E-state index >= 15 is 0 Å². The third-order valence-corrected chi connectivity index (χ3v) is 2.49. The van der Waals surface area contributed by atoms with Crippen LogP contribution < -0.4 is 5.32 Å². The molecule has 1 fully saturated rings. The summed E-state index contributed by atoms with van der Waals surface area (Å²) >= 11 is 0. The predicted octanol–water partition coefficient (Wildman–Crippen LogP) is 1.07. The van der Waals surface area contributed by atoms with Gasteiger partial charge in [-0.05, 0) is 25.0 Å². The number of aromatic nitrogens is 1. The van der Waals surface area contributed by atoms with E-state index < -0.39 is 0 Å². The van der Waals surface area contributed by atoms with E-state index in [1.165, 1.54) is 0 Å². The molecule has 1 saturated carbocycles. The van der Waals surface area contributed by atoms with E-state index in [4.69, 9.17) is 5.11 Å². The molecule has 0 aromatic carbocycles. The molecule has 2 N–H and O–H groups in total. The number of anilines is 1. The first-order valence-electron chi connectivity index (χ1n) is 5.41. The molecule has 1 aliphatic carbocycles. The second-order valence-electron chi connectivity index (χ2n) is 3.79. The predicted molar refractivity (Wildman–Crippen MR) is 60.1 cm³/mol. The summed E-state index contributed by atoms with van der Waals surface area (Å²) in [5.74, 6) is 0.538. The lowest BCUT2D eigenvalue weighted by Crippen LogP contribution is -2.38. The van der Waals surface area contributed by atoms with E-state index in [0.717, 1.165) is 12.8 Å². The number of carbonyl (C=O) groups is 1. The zero-order chi connectivity index (χ0) is 11.4. The Bertz CT molecular complexity index is 352. The van der Waals surface area contributed by atoms with Gasteiger partial charge in [0.15, 0.2) is 0 Å². The van der Waals surface area contributed by atoms with Crippen molar-refractivity contribution >= 4 is 11.8 Å². The number of pyridine rings is 1. The maximum atomic E-state index is 11.8. The van der Waals surface area contributed by atoms with Gasteiger partial charge in [-0.3, -0.25) is 5.32 Å². The highest BCUT2D eigenvalue weighted by molar-refractivity contribution is 5.88. The maximum Gasteiger partial charge on any atom is 0.323 e. The van der Waals surface area contributed by atoms with Crippen LogP contribution in [0.2, 0.25) is 0 Å². The molecule has 1 aromatic heterocycles. The van der Waals surface area contributed by atoms with Gasteiger partial charge in [0.1, 0.15) is 5.82 Å². The summed E-state index contributed by atoms with van der Waals surface area (Å²) in [6.45, 7) is 0.371. The molecule has 0 atom stereocenters. The van der Waals surface area contributed by atoms with E-state index in [-0.39, 0.29) is 18.7 Å². The van der Waals surface area contributed by atoms with Crippen molar-refractivity contribution in [3.8, 4) is 0 Å². The molecule has 5 heteroatoms. The molecule has 86 valence electrons. The van der Waals surface area contributed by atoms with Crippen LogP contribution in [0.5, 0.6) is 0 Å². The molecule has 5 nitrogen and oxygen atoms in total. The topological polar surface area (TPSA) is 65.5 Å². The van der Waals surface area contributed by atoms with Crippen LogP contribution in [0.4, 0.5) is 10.6 Å². The first-order chi connectivity index (χ1) is 7.81. The number of urea groups is 1. The molecule has 16 heavy (non-hydrogen) atoms. The highest BCUT2D eigenvalue weighted by Gasteiger charge is 2.32. The first-order valence-corrected chi connectivity index (χ1v) is 5.41. The fraction of sp³-hybridized carbons (Fsp3) is 0.455. The standard InChI is InChI=1S/C11H15N3O2/c15-8-7-14(9-4-5-9)11(16)13-10-3-1-2-6-12-10/h1-3,6,9,15H,4-5,7-8H2,(H,12,13,16). The average molecular weight is 221 g/mol. The van der Waals surface area contributed by atoms with Crippen molar-refractivity contribution in [2.24, 2.45) is 0 Å². The molecule has 2 rings (SSSR count). The van der Waals surface area contributed by atoms with Crippen molar-refractivity contribution in [1.82, 2.24) is 9.88 Å². The van der Waals surface area contributed by atoms with Gasteiger partial charge in [0.2, 0.25) is 0 Å². The van der Waals surface area contributed by atoms with Gasteiger partial charge in [0, 0.05) is 18.8 Å². The fourth-order valence-corrected chi connectivity index (χ4v) is 1.56. The van der Waals surface area contributed by atoms with Gasteiger partial charge in [-0.1, -0.05) is 6.07 Å². The third-order valence-electron chi connectivity index (χ3n) is 2.49. The Morgan fingerprint density at radius 2 is 2.38 bits per heavy atom. The van der Waals surface area contributed by atoms with Crippen LogP contribution in [0.1, 0.15) is 12.8 Å². The molecule has 0 spiro atoms. The Morgan fingerprint density at radius 3 is 2.94 bits per heavy atom. The van der Waals surface area contributed by atoms with Crippen molar-refractivity contribution in [2.45, 2.75) is 18.9 Å². The van der Waals surface area contributed by atoms with Crippen LogP contribution in [0.15, 0.2) is 24.4 Å². The van der Waals surface area contributed by atoms with E-state index in [1.807, 2.05) is 6.07 Å². The highest BCUT2D eigenvalue weighted by Crippen LogP contribution is 2.26. The molecule has 1 aromatic rings. The second-order valence-corrected chi connectivity index (χ2v) is 3.79. The number of hydrogen-bond donors (Lipinski definition) is 2. The summed E-state index contributed by atoms with van der Waals surface area (Å²) < 4.78 is 0. The number of rotatable bonds is 4. The first kappa shape index (κ1) is 10.9. The van der Waals surface area contributed by atoms with E-state index in [0.29, 0.717) is 12.4 Å². The molecular formula is C11H15N3O2. The van der Waals surface area contributed by atoms with Gasteiger partial charge in [-0.15, -0.1) is 0 Å². The van der Waals surface area contributed by atoms with Gasteiger partial charge in [0.05, 0.1) is 6.61 Å². The lowest BCUT2D eigenvalue weighted by atomic mass is 10.4. The Morgan fingerprint density at radius 1 is 1.56 bits per heavy atom. The zero-order valence-electron chi connectivity index (χ0n) is 8.97. The summed E-state index contributed by atoms with van der Waals surface area (Å²) in [4.78, 5) is 17.5. The summed E-state index contributed by atoms with van der Waals surface area (Å²) in [6.07, 6.45) is 3.67. The summed E-state index contributed by atoms with van der Waals surface area (Å²) in [5.41, 5.74) is 0. The van der Waals surface area contributed by atoms with Crippen molar-refractivity contribution in [1.29, 1.82) is 0 Å². The van der Waals surface area contributed by atoms with E-state index in [9.17, 15) is 4.79 Å². The summed E-state index contributed by atoms with van der Waals surface area (Å²) in [6, 6.07) is 5.45. The second kappa shape index (κ2) is 4.94. The Kier molecular flexibility index (Phi) is 3.36. The number of aliphatic hydroxyl groups excluding tert-OH is 1. The highest BCUT2D eigenvalue weighted by atomic mass is 16.3. The molecular weight excluding hydrogens is 206 g/mol. The number of hydrogen-bond acceptors (Lipinski definition) is 3. The molecule has 1 heterocycles. The smallest absolute Gasteiger partial charge is 0.323 e. The Hall–Kier alpha value is -1.62. The van der Waals surface area contributed by atoms with Crippen LogP contribution in [0, 0.1) is 0 Å². The van der Waals surface area contributed by atoms with Crippen LogP contribution in [0.25, 0.3) is 0 Å². The Labute approximate surface area is 94.1 Å². The molecule has 0 aliphatic heterocycles. The average Bonchev–Trinajstić information content (AvgIpc) is 3.11. The Balaban J connectivity index is 1.95. The van der Waals surface area contributed by atoms with Crippen molar-refractivity contribution < 1.29 is 9.90 Å². The van der Waals surface area contributed by atoms with Crippen molar-refractivity contribution in [3.63, 3.8) is 0 Å². The molecule has 2 amide bonds. The minimum Gasteiger partial charge on any atom is -0.395 e. The SMILES string of the molecule is O=C(Nc1ccccn1)N(CCO)C1CC1. The monoisotopic (exact) mass is 221 g/mol. The summed E-state index contributed by atoms with van der Waals surface area (Å²) in [7, 11) is 0. The van der Waals surface area contributed by atoms with Crippen LogP contribution in [-0.2, 0) is 0 Å². The fourth-order valence-electron chi connectivity index (χ4n) is 1.56. The largest absolute Gasteiger partial charge is 0.395 e. The number of amides is 2. The van der Waals surface area contributed by atoms with Gasteiger partial charge < -0.3 is 10.0 Å². The molecule has 0 saturated heterocycles. The van der Waals surface area contributed by atoms with Gasteiger partial charge >= 0.3 is 6.03 Å². The molecule has 0 bridgehead atoms. The lowest BCUT2D eigenvalue weighted by molar-refractivity contribution is 0.185. The van der Waals surface area contributed by atoms with E-state index in [2.05, 4.69) is 10.3 Å². The molecule has 0 unspecified atom stereocenters. The van der Waals surface area contributed by atoms with Crippen molar-refractivity contribution in [2.75, 3.05) is 18.5 Å². The van der Waals surface area contributed by atoms with Gasteiger partial charge in [-0.2, -0.15) is 0 Å². The van der Waals surface area contributed by atoms with Crippen LogP contribution in [0.3, 0.4) is 0 Å². The molecule has 0 radical (unpaired) electrons. The minimum absolute atomic E-state index is 0.00780. The van der Waals surface area contributed by atoms with Crippen LogP contribution >= 0.6 is 0 Å². The molecule has 1 aliphatic rings. The number of nitrogens with one attached hydrogen (secondary N) is 1. The number of aliphatic hydroxyl groups is 1. The zero-order valence-corrected chi connectivity index (χ0v) is 8.97. The maximum absolute atomic E-state index is 11.8.